The maximum absolute atomic E-state index is 12.5. The van der Waals surface area contributed by atoms with E-state index >= 15 is 0 Å². The summed E-state index contributed by atoms with van der Waals surface area (Å²) in [6.45, 7) is 5.84. The van der Waals surface area contributed by atoms with Crippen molar-refractivity contribution in [3.63, 3.8) is 0 Å². The lowest BCUT2D eigenvalue weighted by Crippen LogP contribution is -2.46. The summed E-state index contributed by atoms with van der Waals surface area (Å²) in [5.74, 6) is -0.222. The van der Waals surface area contributed by atoms with Gasteiger partial charge in [-0.2, -0.15) is 5.26 Å². The first kappa shape index (κ1) is 17.3. The van der Waals surface area contributed by atoms with Gasteiger partial charge in [0.05, 0.1) is 24.6 Å². The minimum absolute atomic E-state index is 0.124. The van der Waals surface area contributed by atoms with Crippen LogP contribution in [0.25, 0.3) is 0 Å². The van der Waals surface area contributed by atoms with Gasteiger partial charge in [0.1, 0.15) is 11.6 Å². The Morgan fingerprint density at radius 1 is 1.20 bits per heavy atom. The Bertz CT molecular complexity index is 670. The Hall–Kier alpha value is -2.56. The molecule has 2 fully saturated rings. The molecule has 25 heavy (non-hydrogen) atoms. The van der Waals surface area contributed by atoms with Gasteiger partial charge >= 0.3 is 0 Å². The number of piperazine rings is 1. The molecule has 2 N–H and O–H groups in total. The minimum Gasteiger partial charge on any atom is -0.378 e. The number of nitrogens with one attached hydrogen (secondary N) is 2. The summed E-state index contributed by atoms with van der Waals surface area (Å²) in [6, 6.07) is 9.92. The second-order valence-electron chi connectivity index (χ2n) is 5.97. The van der Waals surface area contributed by atoms with Crippen LogP contribution in [-0.2, 0) is 9.53 Å². The highest BCUT2D eigenvalue weighted by Crippen LogP contribution is 2.26. The van der Waals surface area contributed by atoms with E-state index in [1.165, 1.54) is 6.20 Å². The van der Waals surface area contributed by atoms with E-state index in [0.717, 1.165) is 37.6 Å². The number of hydrogen-bond donors (Lipinski definition) is 2. The highest BCUT2D eigenvalue weighted by Gasteiger charge is 2.20. The molecule has 2 aliphatic heterocycles. The Balaban J connectivity index is 1.73. The van der Waals surface area contributed by atoms with Crippen molar-refractivity contribution in [3.8, 4) is 6.07 Å². The second kappa shape index (κ2) is 8.51. The predicted molar refractivity (Wildman–Crippen MR) is 96.2 cm³/mol. The van der Waals surface area contributed by atoms with Crippen molar-refractivity contribution >= 4 is 17.3 Å². The fourth-order valence-corrected chi connectivity index (χ4v) is 3.01. The molecule has 3 rings (SSSR count). The van der Waals surface area contributed by atoms with E-state index in [1.807, 2.05) is 30.3 Å². The fourth-order valence-electron chi connectivity index (χ4n) is 3.01. The normalized spacial score (nSPS) is 18.6. The zero-order valence-electron chi connectivity index (χ0n) is 14.2. The first-order valence-corrected chi connectivity index (χ1v) is 8.58. The van der Waals surface area contributed by atoms with Crippen LogP contribution in [0, 0.1) is 11.3 Å². The molecule has 2 saturated heterocycles. The lowest BCUT2D eigenvalue weighted by Gasteiger charge is -2.30. The van der Waals surface area contributed by atoms with Crippen LogP contribution in [0.4, 0.5) is 11.4 Å². The molecular formula is C18H23N5O2. The molecule has 0 aromatic heterocycles. The molecule has 0 atom stereocenters. The first-order valence-electron chi connectivity index (χ1n) is 8.58. The molecule has 2 heterocycles. The molecule has 0 spiro atoms. The average Bonchev–Trinajstić information content (AvgIpc) is 2.70. The van der Waals surface area contributed by atoms with Crippen LogP contribution in [0.1, 0.15) is 0 Å². The number of carbonyl (C=O) groups is 1. The second-order valence-corrected chi connectivity index (χ2v) is 5.97. The third-order valence-electron chi connectivity index (χ3n) is 4.38. The van der Waals surface area contributed by atoms with Crippen molar-refractivity contribution in [3.05, 3.63) is 36.0 Å². The van der Waals surface area contributed by atoms with Crippen LogP contribution in [-0.4, -0.2) is 63.3 Å². The van der Waals surface area contributed by atoms with Crippen LogP contribution in [0.15, 0.2) is 36.0 Å². The highest BCUT2D eigenvalue weighted by atomic mass is 16.5. The van der Waals surface area contributed by atoms with E-state index in [1.54, 1.807) is 4.90 Å². The minimum atomic E-state index is -0.222. The van der Waals surface area contributed by atoms with Crippen LogP contribution < -0.4 is 15.5 Å². The van der Waals surface area contributed by atoms with Crippen LogP contribution in [0.3, 0.4) is 0 Å². The van der Waals surface area contributed by atoms with Gasteiger partial charge in [0.15, 0.2) is 0 Å². The molecule has 132 valence electrons. The number of nitrogens with zero attached hydrogens (tertiary/aromatic N) is 3. The Kier molecular flexibility index (Phi) is 5.88. The summed E-state index contributed by atoms with van der Waals surface area (Å²) in [7, 11) is 0. The highest BCUT2D eigenvalue weighted by molar-refractivity contribution is 5.97. The molecule has 0 radical (unpaired) electrons. The van der Waals surface area contributed by atoms with Gasteiger partial charge < -0.3 is 25.2 Å². The number of para-hydroxylation sites is 2. The molecule has 0 bridgehead atoms. The van der Waals surface area contributed by atoms with Gasteiger partial charge in [0.2, 0.25) is 0 Å². The van der Waals surface area contributed by atoms with Crippen molar-refractivity contribution in [1.29, 1.82) is 5.26 Å². The summed E-state index contributed by atoms with van der Waals surface area (Å²) in [5, 5.41) is 15.7. The van der Waals surface area contributed by atoms with Gasteiger partial charge in [-0.3, -0.25) is 4.79 Å². The summed E-state index contributed by atoms with van der Waals surface area (Å²) in [6.07, 6.45) is 1.52. The fraction of sp³-hybridized carbons (Fsp3) is 0.444. The van der Waals surface area contributed by atoms with Crippen molar-refractivity contribution in [1.82, 2.24) is 10.2 Å². The van der Waals surface area contributed by atoms with Gasteiger partial charge in [-0.25, -0.2) is 0 Å². The average molecular weight is 341 g/mol. The largest absolute Gasteiger partial charge is 0.378 e. The number of carbonyl (C=O) groups excluding carboxylic acids is 1. The summed E-state index contributed by atoms with van der Waals surface area (Å²) in [5.41, 5.74) is 2.05. The van der Waals surface area contributed by atoms with Crippen molar-refractivity contribution in [2.75, 3.05) is 62.7 Å². The van der Waals surface area contributed by atoms with Crippen LogP contribution in [0.5, 0.6) is 0 Å². The Morgan fingerprint density at radius 3 is 2.64 bits per heavy atom. The number of hydrogen-bond acceptors (Lipinski definition) is 6. The number of anilines is 2. The topological polar surface area (TPSA) is 80.6 Å². The molecule has 1 aromatic carbocycles. The van der Waals surface area contributed by atoms with Gasteiger partial charge in [0.25, 0.3) is 5.91 Å². The number of nitriles is 1. The molecule has 0 unspecified atom stereocenters. The number of morpholine rings is 1. The zero-order valence-corrected chi connectivity index (χ0v) is 14.2. The van der Waals surface area contributed by atoms with Crippen molar-refractivity contribution in [2.24, 2.45) is 0 Å². The molecular weight excluding hydrogens is 318 g/mol. The van der Waals surface area contributed by atoms with Gasteiger partial charge in [-0.1, -0.05) is 12.1 Å². The standard InChI is InChI=1S/C18H23N5O2/c19-13-15(18(24)23-7-5-20-6-8-23)14-21-16-3-1-2-4-17(16)22-9-11-25-12-10-22/h1-4,14,20-21H,5-12H2/b15-14-. The molecule has 1 aromatic rings. The van der Waals surface area contributed by atoms with E-state index in [2.05, 4.69) is 15.5 Å². The SMILES string of the molecule is N#C/C(=C/Nc1ccccc1N1CCOCC1)C(=O)N1CCNCC1. The summed E-state index contributed by atoms with van der Waals surface area (Å²) in [4.78, 5) is 16.4. The lowest BCUT2D eigenvalue weighted by molar-refractivity contribution is -0.127. The van der Waals surface area contributed by atoms with E-state index in [0.29, 0.717) is 26.3 Å². The lowest BCUT2D eigenvalue weighted by atomic mass is 10.2. The van der Waals surface area contributed by atoms with Gasteiger partial charge in [-0.15, -0.1) is 0 Å². The number of ether oxygens (including phenoxy) is 1. The monoisotopic (exact) mass is 341 g/mol. The number of benzene rings is 1. The molecule has 0 saturated carbocycles. The number of amides is 1. The first-order chi connectivity index (χ1) is 12.3. The summed E-state index contributed by atoms with van der Waals surface area (Å²) < 4.78 is 5.40. The van der Waals surface area contributed by atoms with Gasteiger partial charge in [-0.05, 0) is 12.1 Å². The molecule has 0 aliphatic carbocycles. The third kappa shape index (κ3) is 4.29. The van der Waals surface area contributed by atoms with E-state index in [4.69, 9.17) is 4.74 Å². The van der Waals surface area contributed by atoms with Crippen LogP contribution in [0.2, 0.25) is 0 Å². The third-order valence-corrected chi connectivity index (χ3v) is 4.38. The van der Waals surface area contributed by atoms with Crippen LogP contribution >= 0.6 is 0 Å². The van der Waals surface area contributed by atoms with Crippen molar-refractivity contribution < 1.29 is 9.53 Å². The Labute approximate surface area is 147 Å². The quantitative estimate of drug-likeness (QED) is 0.622. The van der Waals surface area contributed by atoms with E-state index in [-0.39, 0.29) is 11.5 Å². The smallest absolute Gasteiger partial charge is 0.266 e. The number of rotatable bonds is 4. The molecule has 2 aliphatic rings. The van der Waals surface area contributed by atoms with Gasteiger partial charge in [0, 0.05) is 45.5 Å². The van der Waals surface area contributed by atoms with E-state index in [9.17, 15) is 10.1 Å². The molecule has 7 nitrogen and oxygen atoms in total. The molecule has 1 amide bonds. The maximum atomic E-state index is 12.5. The predicted octanol–water partition coefficient (Wildman–Crippen LogP) is 0.774. The van der Waals surface area contributed by atoms with Crippen molar-refractivity contribution in [2.45, 2.75) is 0 Å². The zero-order chi connectivity index (χ0) is 17.5. The maximum Gasteiger partial charge on any atom is 0.266 e. The van der Waals surface area contributed by atoms with E-state index < -0.39 is 0 Å². The summed E-state index contributed by atoms with van der Waals surface area (Å²) >= 11 is 0. The molecule has 7 heteroatoms. The Morgan fingerprint density at radius 2 is 1.92 bits per heavy atom.